The lowest BCUT2D eigenvalue weighted by Gasteiger charge is -2.41. The summed E-state index contributed by atoms with van der Waals surface area (Å²) in [6.07, 6.45) is 5.52. The van der Waals surface area contributed by atoms with Crippen LogP contribution in [0.25, 0.3) is 0 Å². The highest BCUT2D eigenvalue weighted by Gasteiger charge is 2.69. The number of fused-ring (bicyclic) bond motifs is 2. The molecule has 3 aliphatic rings. The summed E-state index contributed by atoms with van der Waals surface area (Å²) >= 11 is 0. The first-order valence-corrected chi connectivity index (χ1v) is 13.7. The first kappa shape index (κ1) is 19.8. The van der Waals surface area contributed by atoms with Crippen LogP contribution in [0.15, 0.2) is 11.1 Å². The SMILES string of the molecule is CC(C)=C1CC[C@@](COC(=O)[C@@]23CC[C@@H](CC2=O)C3(C)C)([Si](C)(C)C)C1. The number of ether oxygens (including phenoxy) is 1. The second kappa shape index (κ2) is 6.05. The summed E-state index contributed by atoms with van der Waals surface area (Å²) < 4.78 is 6.05. The van der Waals surface area contributed by atoms with Crippen LogP contribution in [0.5, 0.6) is 0 Å². The average Bonchev–Trinajstić information content (AvgIpc) is 3.12. The van der Waals surface area contributed by atoms with E-state index >= 15 is 0 Å². The van der Waals surface area contributed by atoms with Gasteiger partial charge in [-0.05, 0) is 57.3 Å². The summed E-state index contributed by atoms with van der Waals surface area (Å²) in [7, 11) is -1.54. The van der Waals surface area contributed by atoms with Crippen LogP contribution in [0.2, 0.25) is 24.7 Å². The second-order valence-electron chi connectivity index (χ2n) is 10.9. The Bertz CT molecular complexity index is 665. The molecule has 0 unspecified atom stereocenters. The largest absolute Gasteiger partial charge is 0.465 e. The fourth-order valence-electron chi connectivity index (χ4n) is 5.86. The molecule has 0 heterocycles. The van der Waals surface area contributed by atoms with Gasteiger partial charge < -0.3 is 4.74 Å². The van der Waals surface area contributed by atoms with Crippen molar-refractivity contribution in [1.29, 1.82) is 0 Å². The van der Waals surface area contributed by atoms with Crippen LogP contribution >= 0.6 is 0 Å². The Balaban J connectivity index is 1.82. The highest BCUT2D eigenvalue weighted by molar-refractivity contribution is 6.79. The molecule has 0 aromatic carbocycles. The number of rotatable bonds is 4. The van der Waals surface area contributed by atoms with Crippen molar-refractivity contribution in [3.05, 3.63) is 11.1 Å². The Kier molecular flexibility index (Phi) is 4.62. The van der Waals surface area contributed by atoms with Gasteiger partial charge in [0.2, 0.25) is 0 Å². The van der Waals surface area contributed by atoms with Gasteiger partial charge in [0.1, 0.15) is 5.41 Å². The molecule has 146 valence electrons. The molecule has 3 nitrogen and oxygen atoms in total. The lowest BCUT2D eigenvalue weighted by Crippen LogP contribution is -2.47. The van der Waals surface area contributed by atoms with Crippen molar-refractivity contribution >= 4 is 19.8 Å². The summed E-state index contributed by atoms with van der Waals surface area (Å²) in [5, 5.41) is 0.107. The van der Waals surface area contributed by atoms with Gasteiger partial charge in [0.25, 0.3) is 0 Å². The standard InChI is InChI=1S/C22H36O3Si/c1-15(2)16-8-10-21(13-16,26(5,6)7)14-25-19(24)22-11-9-17(12-18(22)23)20(22,3)4/h17H,8-14H2,1-7H3/t17-,21+,22+/m0/s1. The summed E-state index contributed by atoms with van der Waals surface area (Å²) in [6.45, 7) is 16.3. The zero-order valence-corrected chi connectivity index (χ0v) is 18.8. The summed E-state index contributed by atoms with van der Waals surface area (Å²) in [5.41, 5.74) is 1.82. The molecular formula is C22H36O3Si. The van der Waals surface area contributed by atoms with E-state index in [0.29, 0.717) is 25.4 Å². The van der Waals surface area contributed by atoms with E-state index < -0.39 is 13.5 Å². The van der Waals surface area contributed by atoms with Gasteiger partial charge in [0.05, 0.1) is 14.7 Å². The van der Waals surface area contributed by atoms with Crippen LogP contribution in [0.1, 0.15) is 66.2 Å². The number of carbonyl (C=O) groups is 2. The lowest BCUT2D eigenvalue weighted by atomic mass is 9.69. The van der Waals surface area contributed by atoms with E-state index in [1.54, 1.807) is 5.57 Å². The Labute approximate surface area is 160 Å². The fraction of sp³-hybridized carbons (Fsp3) is 0.818. The zero-order valence-electron chi connectivity index (χ0n) is 17.8. The van der Waals surface area contributed by atoms with Crippen LogP contribution in [0, 0.1) is 16.7 Å². The van der Waals surface area contributed by atoms with Gasteiger partial charge in [0.15, 0.2) is 5.78 Å². The van der Waals surface area contributed by atoms with Crippen LogP contribution in [-0.4, -0.2) is 26.4 Å². The molecule has 0 aromatic heterocycles. The topological polar surface area (TPSA) is 43.4 Å². The number of esters is 1. The van der Waals surface area contributed by atoms with Crippen LogP contribution in [0.3, 0.4) is 0 Å². The number of carbonyl (C=O) groups excluding carboxylic acids is 2. The third kappa shape index (κ3) is 2.58. The fourth-order valence-corrected chi connectivity index (χ4v) is 7.99. The number of allylic oxidation sites excluding steroid dienone is 2. The predicted octanol–water partition coefficient (Wildman–Crippen LogP) is 5.52. The van der Waals surface area contributed by atoms with E-state index in [1.165, 1.54) is 5.57 Å². The lowest BCUT2D eigenvalue weighted by molar-refractivity contribution is -0.165. The molecule has 0 aromatic rings. The van der Waals surface area contributed by atoms with Crippen molar-refractivity contribution in [1.82, 2.24) is 0 Å². The highest BCUT2D eigenvalue weighted by Crippen LogP contribution is 2.64. The van der Waals surface area contributed by atoms with Crippen molar-refractivity contribution in [2.75, 3.05) is 6.61 Å². The van der Waals surface area contributed by atoms with Crippen molar-refractivity contribution < 1.29 is 14.3 Å². The van der Waals surface area contributed by atoms with E-state index in [-0.39, 0.29) is 22.2 Å². The number of Topliss-reactive ketones (excluding diaryl/α,β-unsaturated/α-hetero) is 1. The molecule has 0 saturated heterocycles. The van der Waals surface area contributed by atoms with Crippen molar-refractivity contribution in [2.24, 2.45) is 16.7 Å². The normalized spacial score (nSPS) is 35.9. The Morgan fingerprint density at radius 1 is 1.19 bits per heavy atom. The molecule has 0 spiro atoms. The maximum Gasteiger partial charge on any atom is 0.320 e. The third-order valence-corrected chi connectivity index (χ3v) is 12.2. The quantitative estimate of drug-likeness (QED) is 0.281. The third-order valence-electron chi connectivity index (χ3n) is 8.48. The molecule has 2 bridgehead atoms. The summed E-state index contributed by atoms with van der Waals surface area (Å²) in [6, 6.07) is 0. The van der Waals surface area contributed by atoms with Crippen LogP contribution in [-0.2, 0) is 14.3 Å². The first-order valence-electron chi connectivity index (χ1n) is 10.2. The van der Waals surface area contributed by atoms with Gasteiger partial charge in [-0.15, -0.1) is 0 Å². The van der Waals surface area contributed by atoms with Gasteiger partial charge in [-0.25, -0.2) is 0 Å². The molecule has 0 aliphatic heterocycles. The number of ketones is 1. The highest BCUT2D eigenvalue weighted by atomic mass is 28.3. The van der Waals surface area contributed by atoms with Crippen LogP contribution in [0.4, 0.5) is 0 Å². The number of hydrogen-bond acceptors (Lipinski definition) is 3. The minimum Gasteiger partial charge on any atom is -0.465 e. The molecule has 26 heavy (non-hydrogen) atoms. The minimum absolute atomic E-state index is 0.107. The molecule has 3 atom stereocenters. The van der Waals surface area contributed by atoms with Gasteiger partial charge in [-0.2, -0.15) is 0 Å². The van der Waals surface area contributed by atoms with Gasteiger partial charge in [0, 0.05) is 11.5 Å². The monoisotopic (exact) mass is 376 g/mol. The first-order chi connectivity index (χ1) is 11.9. The number of hydrogen-bond donors (Lipinski definition) is 0. The maximum absolute atomic E-state index is 13.3. The molecule has 0 N–H and O–H groups in total. The van der Waals surface area contributed by atoms with E-state index in [0.717, 1.165) is 25.7 Å². The molecule has 3 rings (SSSR count). The van der Waals surface area contributed by atoms with E-state index in [4.69, 9.17) is 4.74 Å². The Hall–Kier alpha value is -0.903. The Morgan fingerprint density at radius 2 is 1.85 bits per heavy atom. The maximum atomic E-state index is 13.3. The molecule has 3 aliphatic carbocycles. The second-order valence-corrected chi connectivity index (χ2v) is 16.4. The van der Waals surface area contributed by atoms with Crippen LogP contribution < -0.4 is 0 Å². The smallest absolute Gasteiger partial charge is 0.320 e. The van der Waals surface area contributed by atoms with Gasteiger partial charge in [-0.1, -0.05) is 44.6 Å². The minimum atomic E-state index is -1.54. The molecule has 3 saturated carbocycles. The molecule has 4 heteroatoms. The van der Waals surface area contributed by atoms with E-state index in [2.05, 4.69) is 47.3 Å². The van der Waals surface area contributed by atoms with Gasteiger partial charge in [-0.3, -0.25) is 9.59 Å². The zero-order chi connectivity index (χ0) is 19.5. The predicted molar refractivity (Wildman–Crippen MR) is 108 cm³/mol. The molecular weight excluding hydrogens is 340 g/mol. The van der Waals surface area contributed by atoms with Crippen molar-refractivity contribution in [3.8, 4) is 0 Å². The Morgan fingerprint density at radius 3 is 2.27 bits per heavy atom. The summed E-state index contributed by atoms with van der Waals surface area (Å²) in [4.78, 5) is 26.0. The average molecular weight is 377 g/mol. The van der Waals surface area contributed by atoms with Crippen molar-refractivity contribution in [3.63, 3.8) is 0 Å². The molecule has 0 radical (unpaired) electrons. The molecule has 3 fully saturated rings. The van der Waals surface area contributed by atoms with E-state index in [1.807, 2.05) is 0 Å². The van der Waals surface area contributed by atoms with Gasteiger partial charge >= 0.3 is 5.97 Å². The molecule has 0 amide bonds. The summed E-state index contributed by atoms with van der Waals surface area (Å²) in [5.74, 6) is 0.246. The van der Waals surface area contributed by atoms with E-state index in [9.17, 15) is 9.59 Å². The van der Waals surface area contributed by atoms with Crippen molar-refractivity contribution in [2.45, 2.75) is 90.9 Å².